The molecule has 0 saturated carbocycles. The van der Waals surface area contributed by atoms with Gasteiger partial charge in [-0.1, -0.05) is 11.6 Å². The summed E-state index contributed by atoms with van der Waals surface area (Å²) in [6.45, 7) is 3.98. The van der Waals surface area contributed by atoms with Gasteiger partial charge in [-0.25, -0.2) is 5.14 Å². The van der Waals surface area contributed by atoms with E-state index in [0.717, 1.165) is 15.4 Å². The predicted octanol–water partition coefficient (Wildman–Crippen LogP) is 1.16. The molecule has 2 rings (SSSR count). The molecule has 0 atom stereocenters. The maximum atomic E-state index is 11.7. The molecule has 0 fully saturated rings. The van der Waals surface area contributed by atoms with Gasteiger partial charge in [0.15, 0.2) is 0 Å². The van der Waals surface area contributed by atoms with Crippen LogP contribution in [0, 0.1) is 0 Å². The molecule has 0 aliphatic carbocycles. The average molecular weight is 295 g/mol. The van der Waals surface area contributed by atoms with Crippen LogP contribution in [0.1, 0.15) is 19.4 Å². The Morgan fingerprint density at radius 3 is 2.70 bits per heavy atom. The molecule has 1 aliphatic heterocycles. The first-order valence-electron chi connectivity index (χ1n) is 6.16. The maximum Gasteiger partial charge on any atom is 0.299 e. The predicted molar refractivity (Wildman–Crippen MR) is 78.7 cm³/mol. The van der Waals surface area contributed by atoms with Crippen molar-refractivity contribution >= 4 is 27.5 Å². The standard InChI is InChI=1S/C13H17N3O3S/c1-9(2)7-13(17)15-11-4-3-10-5-6-16(12(10)8-11)20(14,18)19/h3-4,7-8H,5-6H2,1-2H3,(H,15,17)(H2,14,18,19). The van der Waals surface area contributed by atoms with Gasteiger partial charge in [-0.05, 0) is 38.0 Å². The molecular weight excluding hydrogens is 278 g/mol. The van der Waals surface area contributed by atoms with E-state index in [2.05, 4.69) is 5.32 Å². The highest BCUT2D eigenvalue weighted by Gasteiger charge is 2.26. The van der Waals surface area contributed by atoms with Crippen molar-refractivity contribution < 1.29 is 13.2 Å². The highest BCUT2D eigenvalue weighted by Crippen LogP contribution is 2.31. The van der Waals surface area contributed by atoms with E-state index in [1.54, 1.807) is 18.2 Å². The lowest BCUT2D eigenvalue weighted by molar-refractivity contribution is -0.111. The summed E-state index contributed by atoms with van der Waals surface area (Å²) in [6, 6.07) is 5.18. The SMILES string of the molecule is CC(C)=CC(=O)Nc1ccc2c(c1)N(S(N)(=O)=O)CC2. The van der Waals surface area contributed by atoms with Crippen LogP contribution in [0.4, 0.5) is 11.4 Å². The normalized spacial score (nSPS) is 13.8. The van der Waals surface area contributed by atoms with Crippen molar-refractivity contribution in [1.82, 2.24) is 0 Å². The van der Waals surface area contributed by atoms with Crippen LogP contribution in [0.3, 0.4) is 0 Å². The van der Waals surface area contributed by atoms with Gasteiger partial charge in [0.1, 0.15) is 0 Å². The smallest absolute Gasteiger partial charge is 0.299 e. The maximum absolute atomic E-state index is 11.7. The van der Waals surface area contributed by atoms with E-state index in [-0.39, 0.29) is 5.91 Å². The van der Waals surface area contributed by atoms with Gasteiger partial charge >= 0.3 is 0 Å². The van der Waals surface area contributed by atoms with E-state index in [1.165, 1.54) is 6.08 Å². The van der Waals surface area contributed by atoms with Crippen LogP contribution in [0.2, 0.25) is 0 Å². The number of hydrogen-bond acceptors (Lipinski definition) is 3. The van der Waals surface area contributed by atoms with Crippen molar-refractivity contribution in [3.8, 4) is 0 Å². The molecule has 0 radical (unpaired) electrons. The quantitative estimate of drug-likeness (QED) is 0.819. The Morgan fingerprint density at radius 1 is 1.40 bits per heavy atom. The molecule has 3 N–H and O–H groups in total. The molecule has 1 heterocycles. The summed E-state index contributed by atoms with van der Waals surface area (Å²) in [7, 11) is -3.77. The van der Waals surface area contributed by atoms with Crippen LogP contribution in [0.5, 0.6) is 0 Å². The summed E-state index contributed by atoms with van der Waals surface area (Å²) in [5, 5.41) is 7.87. The molecule has 0 saturated heterocycles. The van der Waals surface area contributed by atoms with Gasteiger partial charge in [-0.3, -0.25) is 9.10 Å². The Labute approximate surface area is 118 Å². The second kappa shape index (κ2) is 5.26. The zero-order chi connectivity index (χ0) is 14.9. The number of benzene rings is 1. The van der Waals surface area contributed by atoms with Crippen LogP contribution in [0.25, 0.3) is 0 Å². The molecule has 108 valence electrons. The van der Waals surface area contributed by atoms with Gasteiger partial charge in [-0.2, -0.15) is 8.42 Å². The molecule has 6 nitrogen and oxygen atoms in total. The van der Waals surface area contributed by atoms with E-state index >= 15 is 0 Å². The van der Waals surface area contributed by atoms with Gasteiger partial charge in [0.2, 0.25) is 5.91 Å². The topological polar surface area (TPSA) is 92.5 Å². The molecule has 1 amide bonds. The van der Waals surface area contributed by atoms with Crippen LogP contribution >= 0.6 is 0 Å². The Morgan fingerprint density at radius 2 is 2.10 bits per heavy atom. The van der Waals surface area contributed by atoms with Crippen molar-refractivity contribution in [3.63, 3.8) is 0 Å². The van der Waals surface area contributed by atoms with Gasteiger partial charge in [-0.15, -0.1) is 0 Å². The fraction of sp³-hybridized carbons (Fsp3) is 0.308. The molecule has 0 aromatic heterocycles. The summed E-state index contributed by atoms with van der Waals surface area (Å²) >= 11 is 0. The Kier molecular flexibility index (Phi) is 3.82. The van der Waals surface area contributed by atoms with Gasteiger partial charge in [0.05, 0.1) is 5.69 Å². The zero-order valence-electron chi connectivity index (χ0n) is 11.4. The Bertz CT molecular complexity index is 676. The van der Waals surface area contributed by atoms with E-state index in [1.807, 2.05) is 13.8 Å². The van der Waals surface area contributed by atoms with Crippen molar-refractivity contribution in [2.45, 2.75) is 20.3 Å². The van der Waals surface area contributed by atoms with Gasteiger partial charge < -0.3 is 5.32 Å². The Hall–Kier alpha value is -1.86. The average Bonchev–Trinajstić information content (AvgIpc) is 2.69. The molecule has 7 heteroatoms. The first kappa shape index (κ1) is 14.5. The van der Waals surface area contributed by atoms with E-state index in [4.69, 9.17) is 5.14 Å². The number of nitrogens with one attached hydrogen (secondary N) is 1. The van der Waals surface area contributed by atoms with Crippen LogP contribution in [0.15, 0.2) is 29.8 Å². The molecule has 20 heavy (non-hydrogen) atoms. The fourth-order valence-corrected chi connectivity index (χ4v) is 2.92. The number of rotatable bonds is 3. The molecule has 0 spiro atoms. The van der Waals surface area contributed by atoms with Crippen molar-refractivity contribution in [2.24, 2.45) is 5.14 Å². The third-order valence-corrected chi connectivity index (χ3v) is 3.93. The lowest BCUT2D eigenvalue weighted by atomic mass is 10.1. The lowest BCUT2D eigenvalue weighted by Gasteiger charge is -2.16. The van der Waals surface area contributed by atoms with Crippen molar-refractivity contribution in [3.05, 3.63) is 35.4 Å². The number of anilines is 2. The number of fused-ring (bicyclic) bond motifs is 1. The highest BCUT2D eigenvalue weighted by molar-refractivity contribution is 7.90. The molecule has 0 unspecified atom stereocenters. The molecule has 0 bridgehead atoms. The third kappa shape index (κ3) is 3.17. The zero-order valence-corrected chi connectivity index (χ0v) is 12.2. The van der Waals surface area contributed by atoms with Gasteiger partial charge in [0.25, 0.3) is 10.2 Å². The minimum absolute atomic E-state index is 0.245. The summed E-state index contributed by atoms with van der Waals surface area (Å²) in [6.07, 6.45) is 2.10. The number of allylic oxidation sites excluding steroid dienone is 1. The molecule has 1 aromatic carbocycles. The molecule has 1 aliphatic rings. The second-order valence-corrected chi connectivity index (χ2v) is 6.39. The number of carbonyl (C=O) groups is 1. The van der Waals surface area contributed by atoms with E-state index in [9.17, 15) is 13.2 Å². The largest absolute Gasteiger partial charge is 0.322 e. The third-order valence-electron chi connectivity index (χ3n) is 2.93. The number of carbonyl (C=O) groups excluding carboxylic acids is 1. The summed E-state index contributed by atoms with van der Waals surface area (Å²) in [5.41, 5.74) is 2.86. The van der Waals surface area contributed by atoms with Gasteiger partial charge in [0, 0.05) is 18.3 Å². The monoisotopic (exact) mass is 295 g/mol. The van der Waals surface area contributed by atoms with Crippen molar-refractivity contribution in [1.29, 1.82) is 0 Å². The van der Waals surface area contributed by atoms with Crippen LogP contribution < -0.4 is 14.8 Å². The fourth-order valence-electron chi connectivity index (χ4n) is 2.13. The number of hydrogen-bond donors (Lipinski definition) is 2. The number of amides is 1. The van der Waals surface area contributed by atoms with Crippen LogP contribution in [-0.4, -0.2) is 20.9 Å². The van der Waals surface area contributed by atoms with E-state index in [0.29, 0.717) is 24.3 Å². The first-order valence-corrected chi connectivity index (χ1v) is 7.67. The van der Waals surface area contributed by atoms with Crippen LogP contribution in [-0.2, 0) is 21.4 Å². The summed E-state index contributed by atoms with van der Waals surface area (Å²) in [5.74, 6) is -0.245. The lowest BCUT2D eigenvalue weighted by Crippen LogP contribution is -2.35. The minimum Gasteiger partial charge on any atom is -0.322 e. The first-order chi connectivity index (χ1) is 9.27. The summed E-state index contributed by atoms with van der Waals surface area (Å²) < 4.78 is 24.1. The number of nitrogens with zero attached hydrogens (tertiary/aromatic N) is 1. The minimum atomic E-state index is -3.77. The summed E-state index contributed by atoms with van der Waals surface area (Å²) in [4.78, 5) is 11.7. The molecule has 1 aromatic rings. The Balaban J connectivity index is 2.28. The van der Waals surface area contributed by atoms with E-state index < -0.39 is 10.2 Å². The van der Waals surface area contributed by atoms with Crippen molar-refractivity contribution in [2.75, 3.05) is 16.2 Å². The number of nitrogens with two attached hydrogens (primary N) is 1. The molecular formula is C13H17N3O3S. The highest BCUT2D eigenvalue weighted by atomic mass is 32.2. The second-order valence-electron chi connectivity index (χ2n) is 4.92.